The Hall–Kier alpha value is -3.05. The maximum Gasteiger partial charge on any atom is 0.270 e. The van der Waals surface area contributed by atoms with Crippen molar-refractivity contribution in [3.05, 3.63) is 36.2 Å². The summed E-state index contributed by atoms with van der Waals surface area (Å²) in [6.07, 6.45) is 2.45. The van der Waals surface area contributed by atoms with E-state index >= 15 is 0 Å². The van der Waals surface area contributed by atoms with Crippen molar-refractivity contribution >= 4 is 27.5 Å². The van der Waals surface area contributed by atoms with Crippen LogP contribution >= 0.6 is 0 Å². The number of sulfonamides is 1. The van der Waals surface area contributed by atoms with Gasteiger partial charge in [0.1, 0.15) is 10.6 Å². The topological polar surface area (TPSA) is 119 Å². The van der Waals surface area contributed by atoms with Crippen LogP contribution in [0.4, 0.5) is 5.69 Å². The number of nitrogens with zero attached hydrogens (tertiary/aromatic N) is 2. The second-order valence-electron chi connectivity index (χ2n) is 7.50. The fourth-order valence-corrected chi connectivity index (χ4v) is 4.54. The first-order valence-electron chi connectivity index (χ1n) is 9.88. The number of hydrogen-bond donors (Lipinski definition) is 2. The predicted molar refractivity (Wildman–Crippen MR) is 111 cm³/mol. The molecule has 2 aliphatic heterocycles. The number of carbonyl (C=O) groups is 2. The summed E-state index contributed by atoms with van der Waals surface area (Å²) < 4.78 is 38.3. The minimum absolute atomic E-state index is 0.0406. The van der Waals surface area contributed by atoms with E-state index in [2.05, 4.69) is 10.0 Å². The molecule has 0 atom stereocenters. The van der Waals surface area contributed by atoms with Crippen molar-refractivity contribution in [3.63, 3.8) is 0 Å². The Morgan fingerprint density at radius 2 is 1.81 bits per heavy atom. The Morgan fingerprint density at radius 3 is 2.52 bits per heavy atom. The van der Waals surface area contributed by atoms with Crippen molar-refractivity contribution < 1.29 is 27.5 Å². The van der Waals surface area contributed by atoms with E-state index in [-0.39, 0.29) is 35.1 Å². The van der Waals surface area contributed by atoms with Crippen molar-refractivity contribution in [2.75, 3.05) is 32.2 Å². The molecule has 10 nitrogen and oxygen atoms in total. The molecule has 1 fully saturated rings. The van der Waals surface area contributed by atoms with Gasteiger partial charge in [-0.15, -0.1) is 0 Å². The van der Waals surface area contributed by atoms with E-state index in [1.165, 1.54) is 23.9 Å². The number of piperidine rings is 1. The molecule has 2 aromatic rings. The number of amides is 2. The number of carbonyl (C=O) groups excluding carboxylic acids is 2. The largest absolute Gasteiger partial charge is 0.454 e. The summed E-state index contributed by atoms with van der Waals surface area (Å²) in [6.45, 7) is 0.997. The molecule has 0 spiro atoms. The molecule has 3 heterocycles. The highest BCUT2D eigenvalue weighted by molar-refractivity contribution is 7.89. The van der Waals surface area contributed by atoms with Crippen LogP contribution in [-0.2, 0) is 21.9 Å². The molecule has 0 aliphatic carbocycles. The van der Waals surface area contributed by atoms with Gasteiger partial charge in [-0.05, 0) is 38.1 Å². The summed E-state index contributed by atoms with van der Waals surface area (Å²) in [7, 11) is -0.674. The third kappa shape index (κ3) is 4.23. The molecular formula is C20H24N4O6S. The van der Waals surface area contributed by atoms with E-state index in [9.17, 15) is 18.0 Å². The molecule has 0 saturated carbocycles. The molecule has 2 N–H and O–H groups in total. The lowest BCUT2D eigenvalue weighted by molar-refractivity contribution is -0.121. The molecule has 2 aliphatic rings. The highest BCUT2D eigenvalue weighted by Crippen LogP contribution is 2.34. The first-order valence-corrected chi connectivity index (χ1v) is 11.4. The Bertz CT molecular complexity index is 1120. The number of aromatic nitrogens is 1. The van der Waals surface area contributed by atoms with Gasteiger partial charge in [0, 0.05) is 44.0 Å². The molecule has 31 heavy (non-hydrogen) atoms. The number of benzene rings is 1. The smallest absolute Gasteiger partial charge is 0.270 e. The number of likely N-dealkylation sites (tertiary alicyclic amines) is 1. The molecule has 166 valence electrons. The summed E-state index contributed by atoms with van der Waals surface area (Å²) in [5.74, 6) is 0.668. The molecule has 0 unspecified atom stereocenters. The zero-order chi connectivity index (χ0) is 22.2. The molecule has 1 aromatic heterocycles. The molecule has 0 radical (unpaired) electrons. The van der Waals surface area contributed by atoms with E-state index in [4.69, 9.17) is 9.47 Å². The van der Waals surface area contributed by atoms with Gasteiger partial charge in [0.25, 0.3) is 5.91 Å². The van der Waals surface area contributed by atoms with Gasteiger partial charge in [0.2, 0.25) is 22.7 Å². The first kappa shape index (κ1) is 21.2. The van der Waals surface area contributed by atoms with Gasteiger partial charge < -0.3 is 24.3 Å². The normalized spacial score (nSPS) is 16.4. The van der Waals surface area contributed by atoms with Gasteiger partial charge in [-0.2, -0.15) is 0 Å². The number of anilines is 1. The van der Waals surface area contributed by atoms with Crippen LogP contribution in [0.25, 0.3) is 0 Å². The number of fused-ring (bicyclic) bond motifs is 1. The second kappa shape index (κ2) is 8.23. The maximum absolute atomic E-state index is 12.9. The monoisotopic (exact) mass is 448 g/mol. The van der Waals surface area contributed by atoms with E-state index in [1.807, 2.05) is 0 Å². The molecule has 1 saturated heterocycles. The van der Waals surface area contributed by atoms with Crippen LogP contribution in [0.1, 0.15) is 23.3 Å². The second-order valence-corrected chi connectivity index (χ2v) is 9.39. The fourth-order valence-electron chi connectivity index (χ4n) is 3.74. The zero-order valence-corrected chi connectivity index (χ0v) is 18.1. The number of aryl methyl sites for hydroxylation is 1. The molecule has 1 aromatic carbocycles. The van der Waals surface area contributed by atoms with Gasteiger partial charge >= 0.3 is 0 Å². The number of hydrogen-bond acceptors (Lipinski definition) is 6. The van der Waals surface area contributed by atoms with Crippen LogP contribution in [-0.4, -0.2) is 56.6 Å². The maximum atomic E-state index is 12.9. The molecular weight excluding hydrogens is 424 g/mol. The van der Waals surface area contributed by atoms with Gasteiger partial charge in [-0.1, -0.05) is 0 Å². The average molecular weight is 449 g/mol. The van der Waals surface area contributed by atoms with E-state index in [0.29, 0.717) is 43.1 Å². The quantitative estimate of drug-likeness (QED) is 0.708. The Balaban J connectivity index is 1.36. The zero-order valence-electron chi connectivity index (χ0n) is 17.3. The van der Waals surface area contributed by atoms with Crippen LogP contribution in [0.15, 0.2) is 35.4 Å². The minimum Gasteiger partial charge on any atom is -0.454 e. The number of ether oxygens (including phenoxy) is 2. The lowest BCUT2D eigenvalue weighted by Crippen LogP contribution is -2.42. The number of nitrogens with one attached hydrogen (secondary N) is 2. The highest BCUT2D eigenvalue weighted by Gasteiger charge is 2.30. The van der Waals surface area contributed by atoms with Gasteiger partial charge in [0.05, 0.1) is 0 Å². The van der Waals surface area contributed by atoms with E-state index < -0.39 is 10.0 Å². The molecule has 2 amide bonds. The summed E-state index contributed by atoms with van der Waals surface area (Å²) in [6, 6.07) is 6.61. The van der Waals surface area contributed by atoms with Crippen molar-refractivity contribution in [3.8, 4) is 11.5 Å². The molecule has 4 rings (SSSR count). The van der Waals surface area contributed by atoms with Crippen LogP contribution in [0.3, 0.4) is 0 Å². The van der Waals surface area contributed by atoms with Crippen LogP contribution in [0, 0.1) is 5.92 Å². The first-order chi connectivity index (χ1) is 14.8. The van der Waals surface area contributed by atoms with E-state index in [1.54, 1.807) is 30.1 Å². The number of rotatable bonds is 5. The summed E-state index contributed by atoms with van der Waals surface area (Å²) in [5, 5.41) is 2.90. The lowest BCUT2D eigenvalue weighted by Gasteiger charge is -2.31. The standard InChI is InChI=1S/C20H24N4O6S/c1-21-31(27,28)15-10-16(23(2)11-15)20(26)24-7-5-13(6-8-24)19(25)22-14-3-4-17-18(9-14)30-12-29-17/h3-4,9-11,13,21H,5-8,12H2,1-2H3,(H,22,25). The minimum atomic E-state index is -3.63. The molecule has 0 bridgehead atoms. The van der Waals surface area contributed by atoms with Crippen LogP contribution in [0.2, 0.25) is 0 Å². The molecule has 11 heteroatoms. The third-order valence-corrected chi connectivity index (χ3v) is 6.95. The fraction of sp³-hybridized carbons (Fsp3) is 0.400. The lowest BCUT2D eigenvalue weighted by atomic mass is 9.95. The van der Waals surface area contributed by atoms with Crippen molar-refractivity contribution in [2.24, 2.45) is 13.0 Å². The Labute approximate surface area is 180 Å². The average Bonchev–Trinajstić information content (AvgIpc) is 3.39. The third-order valence-electron chi connectivity index (χ3n) is 5.57. The van der Waals surface area contributed by atoms with Crippen LogP contribution in [0.5, 0.6) is 11.5 Å². The Kier molecular flexibility index (Phi) is 5.63. The summed E-state index contributed by atoms with van der Waals surface area (Å²) in [4.78, 5) is 27.2. The Morgan fingerprint density at radius 1 is 1.10 bits per heavy atom. The van der Waals surface area contributed by atoms with Gasteiger partial charge in [0.15, 0.2) is 11.5 Å². The summed E-state index contributed by atoms with van der Waals surface area (Å²) in [5.41, 5.74) is 0.923. The predicted octanol–water partition coefficient (Wildman–Crippen LogP) is 1.15. The van der Waals surface area contributed by atoms with Gasteiger partial charge in [-0.25, -0.2) is 13.1 Å². The van der Waals surface area contributed by atoms with Gasteiger partial charge in [-0.3, -0.25) is 9.59 Å². The van der Waals surface area contributed by atoms with Crippen LogP contribution < -0.4 is 19.5 Å². The SMILES string of the molecule is CNS(=O)(=O)c1cc(C(=O)N2CCC(C(=O)Nc3ccc4c(c3)OCO4)CC2)n(C)c1. The van der Waals surface area contributed by atoms with Crippen molar-refractivity contribution in [1.29, 1.82) is 0 Å². The van der Waals surface area contributed by atoms with E-state index in [0.717, 1.165) is 0 Å². The highest BCUT2D eigenvalue weighted by atomic mass is 32.2. The summed E-state index contributed by atoms with van der Waals surface area (Å²) >= 11 is 0. The van der Waals surface area contributed by atoms with Crippen molar-refractivity contribution in [1.82, 2.24) is 14.2 Å². The van der Waals surface area contributed by atoms with Crippen molar-refractivity contribution in [2.45, 2.75) is 17.7 Å².